The third-order valence-corrected chi connectivity index (χ3v) is 7.65. The van der Waals surface area contributed by atoms with Gasteiger partial charge in [0.25, 0.3) is 0 Å². The van der Waals surface area contributed by atoms with Crippen LogP contribution in [-0.4, -0.2) is 12.7 Å². The zero-order chi connectivity index (χ0) is 18.8. The molecule has 0 amide bonds. The second-order valence-electron chi connectivity index (χ2n) is 9.68. The fourth-order valence-corrected chi connectivity index (χ4v) is 5.97. The predicted molar refractivity (Wildman–Crippen MR) is 110 cm³/mol. The molecule has 0 aliphatic heterocycles. The molecule has 150 valence electrons. The Balaban J connectivity index is 1.39. The molecule has 0 aromatic heterocycles. The van der Waals surface area contributed by atoms with E-state index in [0.29, 0.717) is 17.9 Å². The van der Waals surface area contributed by atoms with Crippen molar-refractivity contribution in [3.8, 4) is 0 Å². The molecule has 2 saturated carbocycles. The summed E-state index contributed by atoms with van der Waals surface area (Å²) in [5, 5.41) is 0. The Morgan fingerprint density at radius 1 is 1.00 bits per heavy atom. The maximum atomic E-state index is 14.9. The summed E-state index contributed by atoms with van der Waals surface area (Å²) >= 11 is 0. The first-order valence-electron chi connectivity index (χ1n) is 11.6. The number of fused-ring (bicyclic) bond motifs is 2. The van der Waals surface area contributed by atoms with Crippen molar-refractivity contribution < 1.29 is 9.13 Å². The van der Waals surface area contributed by atoms with E-state index in [9.17, 15) is 4.39 Å². The smallest absolute Gasteiger partial charge is 0.126 e. The third kappa shape index (κ3) is 4.42. The Labute approximate surface area is 165 Å². The fourth-order valence-electron chi connectivity index (χ4n) is 5.97. The lowest BCUT2D eigenvalue weighted by Gasteiger charge is -2.42. The highest BCUT2D eigenvalue weighted by Gasteiger charge is 2.37. The summed E-state index contributed by atoms with van der Waals surface area (Å²) in [6.07, 6.45) is 13.7. The summed E-state index contributed by atoms with van der Waals surface area (Å²) in [4.78, 5) is 0. The maximum Gasteiger partial charge on any atom is 0.126 e. The van der Waals surface area contributed by atoms with Gasteiger partial charge in [-0.1, -0.05) is 26.3 Å². The molecular formula is C25H37FO. The van der Waals surface area contributed by atoms with Crippen LogP contribution < -0.4 is 0 Å². The molecule has 0 bridgehead atoms. The second-order valence-corrected chi connectivity index (χ2v) is 9.68. The molecule has 1 aromatic carbocycles. The number of hydrogen-bond acceptors (Lipinski definition) is 1. The van der Waals surface area contributed by atoms with E-state index in [1.54, 1.807) is 0 Å². The molecule has 2 fully saturated rings. The number of hydrogen-bond donors (Lipinski definition) is 0. The van der Waals surface area contributed by atoms with Crippen molar-refractivity contribution in [1.29, 1.82) is 0 Å². The number of rotatable bonds is 5. The van der Waals surface area contributed by atoms with Gasteiger partial charge in [-0.3, -0.25) is 0 Å². The van der Waals surface area contributed by atoms with E-state index in [4.69, 9.17) is 4.74 Å². The fraction of sp³-hybridized carbons (Fsp3) is 0.760. The van der Waals surface area contributed by atoms with E-state index in [0.717, 1.165) is 43.3 Å². The Kier molecular flexibility index (Phi) is 6.21. The van der Waals surface area contributed by atoms with Crippen molar-refractivity contribution >= 4 is 0 Å². The van der Waals surface area contributed by atoms with Crippen molar-refractivity contribution in [2.45, 2.75) is 96.5 Å². The molecule has 27 heavy (non-hydrogen) atoms. The minimum atomic E-state index is 0.0721. The first kappa shape index (κ1) is 19.4. The van der Waals surface area contributed by atoms with Crippen LogP contribution in [0.2, 0.25) is 0 Å². The molecule has 4 rings (SSSR count). The largest absolute Gasteiger partial charge is 0.378 e. The minimum Gasteiger partial charge on any atom is -0.378 e. The van der Waals surface area contributed by atoms with E-state index in [2.05, 4.69) is 19.9 Å². The quantitative estimate of drug-likeness (QED) is 0.515. The Morgan fingerprint density at radius 3 is 2.67 bits per heavy atom. The molecule has 0 heterocycles. The number of halogens is 1. The topological polar surface area (TPSA) is 9.23 Å². The summed E-state index contributed by atoms with van der Waals surface area (Å²) in [7, 11) is 0. The molecule has 3 aliphatic carbocycles. The van der Waals surface area contributed by atoms with Crippen LogP contribution >= 0.6 is 0 Å². The monoisotopic (exact) mass is 372 g/mol. The molecule has 1 aromatic rings. The molecule has 5 unspecified atom stereocenters. The highest BCUT2D eigenvalue weighted by Crippen LogP contribution is 2.47. The highest BCUT2D eigenvalue weighted by molar-refractivity contribution is 5.37. The molecule has 0 spiro atoms. The van der Waals surface area contributed by atoms with Gasteiger partial charge in [-0.25, -0.2) is 4.39 Å². The summed E-state index contributed by atoms with van der Waals surface area (Å²) in [6, 6.07) is 4.13. The van der Waals surface area contributed by atoms with Crippen molar-refractivity contribution in [1.82, 2.24) is 0 Å². The van der Waals surface area contributed by atoms with Crippen LogP contribution in [-0.2, 0) is 17.6 Å². The van der Waals surface area contributed by atoms with Crippen LogP contribution in [0.25, 0.3) is 0 Å². The van der Waals surface area contributed by atoms with Crippen molar-refractivity contribution in [2.75, 3.05) is 6.61 Å². The van der Waals surface area contributed by atoms with Crippen molar-refractivity contribution in [3.05, 3.63) is 34.6 Å². The molecular weight excluding hydrogens is 335 g/mol. The van der Waals surface area contributed by atoms with Gasteiger partial charge in [0, 0.05) is 6.61 Å². The maximum absolute atomic E-state index is 14.9. The van der Waals surface area contributed by atoms with Gasteiger partial charge < -0.3 is 4.74 Å². The molecule has 0 saturated heterocycles. The zero-order valence-corrected chi connectivity index (χ0v) is 17.3. The Hall–Kier alpha value is -0.890. The molecule has 0 N–H and O–H groups in total. The summed E-state index contributed by atoms with van der Waals surface area (Å²) in [5.41, 5.74) is 3.73. The zero-order valence-electron chi connectivity index (χ0n) is 17.3. The first-order valence-corrected chi connectivity index (χ1v) is 11.6. The Bertz CT molecular complexity index is 639. The van der Waals surface area contributed by atoms with Gasteiger partial charge in [0.2, 0.25) is 0 Å². The predicted octanol–water partition coefficient (Wildman–Crippen LogP) is 6.82. The number of ether oxygens (including phenoxy) is 1. The van der Waals surface area contributed by atoms with E-state index >= 15 is 0 Å². The van der Waals surface area contributed by atoms with Crippen LogP contribution in [0.1, 0.15) is 94.2 Å². The lowest BCUT2D eigenvalue weighted by molar-refractivity contribution is -0.0161. The van der Waals surface area contributed by atoms with E-state index in [-0.39, 0.29) is 5.82 Å². The number of aryl methyl sites for hydroxylation is 1. The lowest BCUT2D eigenvalue weighted by atomic mass is 9.65. The van der Waals surface area contributed by atoms with Gasteiger partial charge in [0.05, 0.1) is 6.10 Å². The molecule has 2 heteroatoms. The summed E-state index contributed by atoms with van der Waals surface area (Å²) in [6.45, 7) is 5.44. The number of unbranched alkanes of at least 4 members (excludes halogenated alkanes) is 1. The average molecular weight is 373 g/mol. The SMILES string of the molecule is CCCCOC1CCC2CC(c3cc4c(cc3F)CC(C)CC4)CCC2C1. The van der Waals surface area contributed by atoms with Gasteiger partial charge in [-0.15, -0.1) is 0 Å². The third-order valence-electron chi connectivity index (χ3n) is 7.65. The van der Waals surface area contributed by atoms with Crippen LogP contribution in [0.4, 0.5) is 4.39 Å². The highest BCUT2D eigenvalue weighted by atomic mass is 19.1. The van der Waals surface area contributed by atoms with Gasteiger partial charge in [0.15, 0.2) is 0 Å². The lowest BCUT2D eigenvalue weighted by Crippen LogP contribution is -2.34. The van der Waals surface area contributed by atoms with Gasteiger partial charge >= 0.3 is 0 Å². The summed E-state index contributed by atoms with van der Waals surface area (Å²) < 4.78 is 21.0. The first-order chi connectivity index (χ1) is 13.1. The molecule has 5 atom stereocenters. The van der Waals surface area contributed by atoms with Crippen LogP contribution in [0.3, 0.4) is 0 Å². The minimum absolute atomic E-state index is 0.0721. The molecule has 1 nitrogen and oxygen atoms in total. The second kappa shape index (κ2) is 8.64. The van der Waals surface area contributed by atoms with Crippen LogP contribution in [0.5, 0.6) is 0 Å². The van der Waals surface area contributed by atoms with Crippen molar-refractivity contribution in [3.63, 3.8) is 0 Å². The van der Waals surface area contributed by atoms with Crippen LogP contribution in [0.15, 0.2) is 12.1 Å². The van der Waals surface area contributed by atoms with Crippen molar-refractivity contribution in [2.24, 2.45) is 17.8 Å². The normalized spacial score (nSPS) is 33.4. The standard InChI is InChI=1S/C25H37FO/c1-3-4-11-27-23-10-9-18-13-21(8-7-19(18)14-23)24-15-20-6-5-17(2)12-22(20)16-25(24)26/h15-19,21,23H,3-14H2,1-2H3. The van der Waals surface area contributed by atoms with Crippen LogP contribution in [0, 0.1) is 23.6 Å². The van der Waals surface area contributed by atoms with Gasteiger partial charge in [-0.2, -0.15) is 0 Å². The van der Waals surface area contributed by atoms with Gasteiger partial charge in [0.1, 0.15) is 5.82 Å². The van der Waals surface area contributed by atoms with E-state index < -0.39 is 0 Å². The van der Waals surface area contributed by atoms with E-state index in [1.165, 1.54) is 62.5 Å². The molecule has 3 aliphatic rings. The molecule has 0 radical (unpaired) electrons. The Morgan fingerprint density at radius 2 is 1.81 bits per heavy atom. The van der Waals surface area contributed by atoms with E-state index in [1.807, 2.05) is 6.07 Å². The summed E-state index contributed by atoms with van der Waals surface area (Å²) in [5.74, 6) is 2.80. The van der Waals surface area contributed by atoms with Gasteiger partial charge in [-0.05, 0) is 111 Å². The average Bonchev–Trinajstić information content (AvgIpc) is 2.67. The number of benzene rings is 1.